The van der Waals surface area contributed by atoms with Gasteiger partial charge in [-0.25, -0.2) is 4.79 Å². The SMILES string of the molecule is CC(C)N(Cc1ccccc1)C(=O)CN1C(=O)NC(C)(C2CC2)C1=O. The van der Waals surface area contributed by atoms with Crippen LogP contribution in [0.5, 0.6) is 0 Å². The number of nitrogens with one attached hydrogen (secondary N) is 1. The van der Waals surface area contributed by atoms with Crippen molar-refractivity contribution in [2.75, 3.05) is 6.54 Å². The van der Waals surface area contributed by atoms with Gasteiger partial charge in [0.25, 0.3) is 5.91 Å². The maximum absolute atomic E-state index is 12.8. The second-order valence-corrected chi connectivity index (χ2v) is 7.40. The van der Waals surface area contributed by atoms with E-state index in [1.165, 1.54) is 0 Å². The van der Waals surface area contributed by atoms with Crippen LogP contribution in [-0.2, 0) is 16.1 Å². The smallest absolute Gasteiger partial charge is 0.325 e. The Kier molecular flexibility index (Phi) is 4.54. The zero-order valence-electron chi connectivity index (χ0n) is 15.0. The van der Waals surface area contributed by atoms with Crippen LogP contribution in [-0.4, -0.2) is 45.8 Å². The van der Waals surface area contributed by atoms with Crippen molar-refractivity contribution in [2.24, 2.45) is 5.92 Å². The molecule has 0 bridgehead atoms. The van der Waals surface area contributed by atoms with E-state index in [1.807, 2.05) is 44.2 Å². The highest BCUT2D eigenvalue weighted by Crippen LogP contribution is 2.42. The highest BCUT2D eigenvalue weighted by Gasteiger charge is 2.56. The molecule has 0 aromatic heterocycles. The normalized spacial score (nSPS) is 23.1. The molecule has 1 N–H and O–H groups in total. The maximum Gasteiger partial charge on any atom is 0.325 e. The molecule has 1 aliphatic heterocycles. The second kappa shape index (κ2) is 6.50. The third kappa shape index (κ3) is 3.38. The van der Waals surface area contributed by atoms with Gasteiger partial charge in [-0.2, -0.15) is 0 Å². The van der Waals surface area contributed by atoms with E-state index in [0.717, 1.165) is 23.3 Å². The van der Waals surface area contributed by atoms with Crippen molar-refractivity contribution in [1.82, 2.24) is 15.1 Å². The van der Waals surface area contributed by atoms with Crippen LogP contribution >= 0.6 is 0 Å². The van der Waals surface area contributed by atoms with Crippen LogP contribution in [0.3, 0.4) is 0 Å². The van der Waals surface area contributed by atoms with E-state index in [1.54, 1.807) is 11.8 Å². The van der Waals surface area contributed by atoms with Gasteiger partial charge in [0.2, 0.25) is 5.91 Å². The van der Waals surface area contributed by atoms with Crippen LogP contribution in [0.25, 0.3) is 0 Å². The van der Waals surface area contributed by atoms with Gasteiger partial charge in [-0.05, 0) is 45.1 Å². The molecule has 3 rings (SSSR count). The number of benzene rings is 1. The first-order valence-corrected chi connectivity index (χ1v) is 8.80. The van der Waals surface area contributed by atoms with Gasteiger partial charge in [-0.1, -0.05) is 30.3 Å². The molecule has 0 spiro atoms. The van der Waals surface area contributed by atoms with Gasteiger partial charge in [0.1, 0.15) is 12.1 Å². The Balaban J connectivity index is 1.71. The number of amides is 4. The predicted molar refractivity (Wildman–Crippen MR) is 93.5 cm³/mol. The van der Waals surface area contributed by atoms with Gasteiger partial charge in [0, 0.05) is 12.6 Å². The fraction of sp³-hybridized carbons (Fsp3) is 0.526. The lowest BCUT2D eigenvalue weighted by Crippen LogP contribution is -2.48. The van der Waals surface area contributed by atoms with Crippen molar-refractivity contribution >= 4 is 17.8 Å². The van der Waals surface area contributed by atoms with E-state index < -0.39 is 11.6 Å². The summed E-state index contributed by atoms with van der Waals surface area (Å²) in [4.78, 5) is 40.5. The van der Waals surface area contributed by atoms with Gasteiger partial charge in [-0.3, -0.25) is 14.5 Å². The number of imide groups is 1. The Morgan fingerprint density at radius 3 is 2.48 bits per heavy atom. The Labute approximate surface area is 148 Å². The summed E-state index contributed by atoms with van der Waals surface area (Å²) in [6, 6.07) is 9.21. The summed E-state index contributed by atoms with van der Waals surface area (Å²) < 4.78 is 0. The highest BCUT2D eigenvalue weighted by atomic mass is 16.2. The van der Waals surface area contributed by atoms with Gasteiger partial charge in [0.15, 0.2) is 0 Å². The molecule has 134 valence electrons. The topological polar surface area (TPSA) is 69.7 Å². The minimum atomic E-state index is -0.848. The van der Waals surface area contributed by atoms with Crippen molar-refractivity contribution in [3.05, 3.63) is 35.9 Å². The van der Waals surface area contributed by atoms with Crippen LogP contribution in [0.15, 0.2) is 30.3 Å². The number of nitrogens with zero attached hydrogens (tertiary/aromatic N) is 2. The summed E-state index contributed by atoms with van der Waals surface area (Å²) >= 11 is 0. The third-order valence-electron chi connectivity index (χ3n) is 5.13. The summed E-state index contributed by atoms with van der Waals surface area (Å²) in [5, 5.41) is 2.78. The number of hydrogen-bond donors (Lipinski definition) is 1. The van der Waals surface area contributed by atoms with Gasteiger partial charge in [-0.15, -0.1) is 0 Å². The van der Waals surface area contributed by atoms with E-state index in [9.17, 15) is 14.4 Å². The molecular formula is C19H25N3O3. The van der Waals surface area contributed by atoms with Crippen molar-refractivity contribution in [2.45, 2.75) is 51.7 Å². The zero-order valence-corrected chi connectivity index (χ0v) is 15.0. The van der Waals surface area contributed by atoms with Crippen LogP contribution < -0.4 is 5.32 Å². The fourth-order valence-corrected chi connectivity index (χ4v) is 3.36. The molecule has 1 heterocycles. The average Bonchev–Trinajstić information content (AvgIpc) is 3.39. The highest BCUT2D eigenvalue weighted by molar-refractivity contribution is 6.09. The van der Waals surface area contributed by atoms with E-state index in [-0.39, 0.29) is 30.3 Å². The summed E-state index contributed by atoms with van der Waals surface area (Å²) in [6.07, 6.45) is 1.88. The van der Waals surface area contributed by atoms with Crippen molar-refractivity contribution in [3.63, 3.8) is 0 Å². The fourth-order valence-electron chi connectivity index (χ4n) is 3.36. The molecule has 1 aliphatic carbocycles. The second-order valence-electron chi connectivity index (χ2n) is 7.40. The Morgan fingerprint density at radius 2 is 1.92 bits per heavy atom. The molecule has 0 radical (unpaired) electrons. The number of carbonyl (C=O) groups is 3. The summed E-state index contributed by atoms with van der Waals surface area (Å²) in [5.41, 5.74) is 0.170. The van der Waals surface area contributed by atoms with E-state index in [2.05, 4.69) is 5.32 Å². The maximum atomic E-state index is 12.8. The molecule has 1 saturated heterocycles. The van der Waals surface area contributed by atoms with Gasteiger partial charge < -0.3 is 10.2 Å². The molecule has 1 atom stereocenters. The van der Waals surface area contributed by atoms with E-state index >= 15 is 0 Å². The molecular weight excluding hydrogens is 318 g/mol. The lowest BCUT2D eigenvalue weighted by molar-refractivity contribution is -0.140. The Hall–Kier alpha value is -2.37. The van der Waals surface area contributed by atoms with Crippen LogP contribution in [0.1, 0.15) is 39.2 Å². The largest absolute Gasteiger partial charge is 0.334 e. The van der Waals surface area contributed by atoms with E-state index in [0.29, 0.717) is 6.54 Å². The quantitative estimate of drug-likeness (QED) is 0.805. The molecule has 1 saturated carbocycles. The first kappa shape index (κ1) is 17.5. The van der Waals surface area contributed by atoms with Gasteiger partial charge >= 0.3 is 6.03 Å². The molecule has 1 unspecified atom stereocenters. The zero-order chi connectivity index (χ0) is 18.2. The minimum Gasteiger partial charge on any atom is -0.334 e. The summed E-state index contributed by atoms with van der Waals surface area (Å²) in [5.74, 6) is -0.311. The predicted octanol–water partition coefficient (Wildman–Crippen LogP) is 2.14. The van der Waals surface area contributed by atoms with Crippen LogP contribution in [0, 0.1) is 5.92 Å². The minimum absolute atomic E-state index is 0.0247. The standard InChI is InChI=1S/C19H25N3O3/c1-13(2)21(11-14-7-5-4-6-8-14)16(23)12-22-17(24)19(3,15-9-10-15)20-18(22)25/h4-8,13,15H,9-12H2,1-3H3,(H,20,25). The van der Waals surface area contributed by atoms with Crippen LogP contribution in [0.4, 0.5) is 4.79 Å². The van der Waals surface area contributed by atoms with Gasteiger partial charge in [0.05, 0.1) is 0 Å². The van der Waals surface area contributed by atoms with E-state index in [4.69, 9.17) is 0 Å². The molecule has 2 aliphatic rings. The average molecular weight is 343 g/mol. The van der Waals surface area contributed by atoms with Crippen molar-refractivity contribution in [3.8, 4) is 0 Å². The molecule has 1 aromatic carbocycles. The Bertz CT molecular complexity index is 684. The molecule has 25 heavy (non-hydrogen) atoms. The van der Waals surface area contributed by atoms with Crippen molar-refractivity contribution < 1.29 is 14.4 Å². The van der Waals surface area contributed by atoms with Crippen molar-refractivity contribution in [1.29, 1.82) is 0 Å². The summed E-state index contributed by atoms with van der Waals surface area (Å²) in [6.45, 7) is 5.88. The molecule has 6 heteroatoms. The number of urea groups is 1. The monoisotopic (exact) mass is 343 g/mol. The lowest BCUT2D eigenvalue weighted by Gasteiger charge is -2.28. The number of hydrogen-bond acceptors (Lipinski definition) is 3. The van der Waals surface area contributed by atoms with Crippen LogP contribution in [0.2, 0.25) is 0 Å². The molecule has 2 fully saturated rings. The Morgan fingerprint density at radius 1 is 1.28 bits per heavy atom. The lowest BCUT2D eigenvalue weighted by atomic mass is 9.96. The number of rotatable bonds is 6. The molecule has 1 aromatic rings. The third-order valence-corrected chi connectivity index (χ3v) is 5.13. The molecule has 4 amide bonds. The molecule has 6 nitrogen and oxygen atoms in total. The summed E-state index contributed by atoms with van der Waals surface area (Å²) in [7, 11) is 0. The first-order valence-electron chi connectivity index (χ1n) is 8.80. The number of carbonyl (C=O) groups excluding carboxylic acids is 3. The first-order chi connectivity index (χ1) is 11.8.